The second-order valence-electron chi connectivity index (χ2n) is 5.73. The highest BCUT2D eigenvalue weighted by atomic mass is 19.4. The normalized spacial score (nSPS) is 12.0. The molecule has 0 unspecified atom stereocenters. The highest BCUT2D eigenvalue weighted by Gasteiger charge is 2.30. The summed E-state index contributed by atoms with van der Waals surface area (Å²) < 4.78 is 40.1. The average Bonchev–Trinajstić information content (AvgIpc) is 3.09. The van der Waals surface area contributed by atoms with Gasteiger partial charge in [0.05, 0.1) is 32.7 Å². The van der Waals surface area contributed by atoms with Crippen molar-refractivity contribution in [2.45, 2.75) is 6.18 Å². The van der Waals surface area contributed by atoms with E-state index in [0.29, 0.717) is 27.8 Å². The maximum atomic E-state index is 12.8. The molecule has 4 aromatic rings. The lowest BCUT2D eigenvalue weighted by atomic mass is 10.1. The first-order chi connectivity index (χ1) is 12.3. The topological polar surface area (TPSA) is 60.4 Å². The van der Waals surface area contributed by atoms with E-state index in [-0.39, 0.29) is 5.69 Å². The largest absolute Gasteiger partial charge is 0.416 e. The van der Waals surface area contributed by atoms with E-state index in [0.717, 1.165) is 12.1 Å². The van der Waals surface area contributed by atoms with Crippen LogP contribution in [-0.4, -0.2) is 14.3 Å². The van der Waals surface area contributed by atoms with Crippen LogP contribution in [0.3, 0.4) is 0 Å². The van der Waals surface area contributed by atoms with Crippen LogP contribution < -0.4 is 0 Å². The van der Waals surface area contributed by atoms with E-state index in [1.54, 1.807) is 28.8 Å². The molecule has 0 aliphatic heterocycles. The molecule has 0 spiro atoms. The number of aromatic nitrogens is 2. The number of nitrogens with zero attached hydrogens (tertiary/aromatic N) is 3. The minimum atomic E-state index is -4.42. The molecule has 0 radical (unpaired) electrons. The summed E-state index contributed by atoms with van der Waals surface area (Å²) in [5, 5.41) is 11.0. The minimum absolute atomic E-state index is 0.102. The Bertz CT molecular complexity index is 1150. The van der Waals surface area contributed by atoms with Gasteiger partial charge in [0.15, 0.2) is 0 Å². The fourth-order valence-electron chi connectivity index (χ4n) is 2.91. The van der Waals surface area contributed by atoms with Crippen LogP contribution >= 0.6 is 0 Å². The van der Waals surface area contributed by atoms with Gasteiger partial charge in [-0.05, 0) is 30.3 Å². The van der Waals surface area contributed by atoms with Crippen molar-refractivity contribution >= 4 is 22.2 Å². The van der Waals surface area contributed by atoms with Crippen LogP contribution in [0.5, 0.6) is 0 Å². The van der Waals surface area contributed by atoms with Crippen molar-refractivity contribution < 1.29 is 18.1 Å². The predicted octanol–water partition coefficient (Wildman–Crippen LogP) is 5.08. The van der Waals surface area contributed by atoms with Gasteiger partial charge in [-0.1, -0.05) is 12.1 Å². The van der Waals surface area contributed by atoms with Crippen molar-refractivity contribution in [3.63, 3.8) is 0 Å². The fourth-order valence-corrected chi connectivity index (χ4v) is 2.91. The molecule has 4 rings (SSSR count). The lowest BCUT2D eigenvalue weighted by molar-refractivity contribution is -0.384. The summed E-state index contributed by atoms with van der Waals surface area (Å²) in [5.41, 5.74) is 1.86. The molecule has 2 aromatic heterocycles. The molecule has 0 N–H and O–H groups in total. The van der Waals surface area contributed by atoms with Gasteiger partial charge in [-0.15, -0.1) is 0 Å². The molecular formula is C18H10F3N3O2. The summed E-state index contributed by atoms with van der Waals surface area (Å²) in [6.07, 6.45) is -2.64. The third-order valence-corrected chi connectivity index (χ3v) is 4.14. The Morgan fingerprint density at radius 3 is 2.38 bits per heavy atom. The molecule has 8 heteroatoms. The smallest absolute Gasteiger partial charge is 0.313 e. The van der Waals surface area contributed by atoms with E-state index in [1.165, 1.54) is 24.3 Å². The quantitative estimate of drug-likeness (QED) is 0.371. The third-order valence-electron chi connectivity index (χ3n) is 4.14. The summed E-state index contributed by atoms with van der Waals surface area (Å²) >= 11 is 0. The predicted molar refractivity (Wildman–Crippen MR) is 89.8 cm³/mol. The maximum absolute atomic E-state index is 12.8. The molecule has 0 amide bonds. The lowest BCUT2D eigenvalue weighted by Gasteiger charge is -2.10. The number of benzene rings is 2. The number of hydrogen-bond acceptors (Lipinski definition) is 3. The number of halogens is 3. The van der Waals surface area contributed by atoms with Gasteiger partial charge in [0.25, 0.3) is 5.69 Å². The molecule has 0 bridgehead atoms. The summed E-state index contributed by atoms with van der Waals surface area (Å²) in [4.78, 5) is 15.0. The highest BCUT2D eigenvalue weighted by Crippen LogP contribution is 2.33. The van der Waals surface area contributed by atoms with Crippen LogP contribution in [0.4, 0.5) is 18.9 Å². The molecule has 5 nitrogen and oxygen atoms in total. The molecule has 0 saturated heterocycles. The van der Waals surface area contributed by atoms with Gasteiger partial charge in [-0.2, -0.15) is 13.2 Å². The summed E-state index contributed by atoms with van der Waals surface area (Å²) in [6.45, 7) is 0. The Labute approximate surface area is 144 Å². The average molecular weight is 357 g/mol. The zero-order valence-electron chi connectivity index (χ0n) is 13.1. The van der Waals surface area contributed by atoms with E-state index in [1.807, 2.05) is 0 Å². The van der Waals surface area contributed by atoms with Gasteiger partial charge in [-0.25, -0.2) is 4.98 Å². The van der Waals surface area contributed by atoms with E-state index in [4.69, 9.17) is 0 Å². The van der Waals surface area contributed by atoms with Crippen LogP contribution in [0.15, 0.2) is 60.8 Å². The summed E-state index contributed by atoms with van der Waals surface area (Å²) in [6, 6.07) is 12.6. The molecular weight excluding hydrogens is 347 g/mol. The first-order valence-corrected chi connectivity index (χ1v) is 7.57. The number of rotatable bonds is 2. The third kappa shape index (κ3) is 2.55. The van der Waals surface area contributed by atoms with Gasteiger partial charge in [0.2, 0.25) is 0 Å². The van der Waals surface area contributed by atoms with Crippen LogP contribution in [0.2, 0.25) is 0 Å². The molecule has 2 aromatic carbocycles. The molecule has 0 atom stereocenters. The van der Waals surface area contributed by atoms with Crippen LogP contribution in [-0.2, 0) is 6.18 Å². The summed E-state index contributed by atoms with van der Waals surface area (Å²) in [5.74, 6) is 0. The second-order valence-corrected chi connectivity index (χ2v) is 5.73. The number of fused-ring (bicyclic) bond motifs is 3. The van der Waals surface area contributed by atoms with Crippen molar-refractivity contribution in [3.05, 3.63) is 76.5 Å². The van der Waals surface area contributed by atoms with Crippen LogP contribution in [0.25, 0.3) is 27.8 Å². The van der Waals surface area contributed by atoms with Gasteiger partial charge in [0.1, 0.15) is 0 Å². The minimum Gasteiger partial charge on any atom is -0.313 e. The Hall–Kier alpha value is -3.42. The van der Waals surface area contributed by atoms with Crippen molar-refractivity contribution in [2.24, 2.45) is 0 Å². The summed E-state index contributed by atoms with van der Waals surface area (Å²) in [7, 11) is 0. The van der Waals surface area contributed by atoms with Gasteiger partial charge in [0, 0.05) is 23.9 Å². The van der Waals surface area contributed by atoms with Crippen molar-refractivity contribution in [2.75, 3.05) is 0 Å². The standard InChI is InChI=1S/C18H10F3N3O2/c19-18(20,21)12-5-3-11(4-6-12)17-16-2-1-9-23(16)15-8-7-13(24(25)26)10-14(15)22-17/h1-10H. The van der Waals surface area contributed by atoms with Gasteiger partial charge in [-0.3, -0.25) is 10.1 Å². The number of hydrogen-bond donors (Lipinski definition) is 0. The van der Waals surface area contributed by atoms with E-state index < -0.39 is 16.7 Å². The number of nitro benzene ring substituents is 1. The monoisotopic (exact) mass is 357 g/mol. The first-order valence-electron chi connectivity index (χ1n) is 7.57. The van der Waals surface area contributed by atoms with Crippen LogP contribution in [0, 0.1) is 10.1 Å². The number of alkyl halides is 3. The highest BCUT2D eigenvalue weighted by molar-refractivity contribution is 5.88. The second kappa shape index (κ2) is 5.55. The maximum Gasteiger partial charge on any atom is 0.416 e. The van der Waals surface area contributed by atoms with Crippen molar-refractivity contribution in [1.29, 1.82) is 0 Å². The van der Waals surface area contributed by atoms with Crippen molar-refractivity contribution in [3.8, 4) is 11.3 Å². The molecule has 0 saturated carbocycles. The molecule has 0 aliphatic carbocycles. The van der Waals surface area contributed by atoms with E-state index >= 15 is 0 Å². The van der Waals surface area contributed by atoms with E-state index in [2.05, 4.69) is 4.98 Å². The Morgan fingerprint density at radius 1 is 1.00 bits per heavy atom. The lowest BCUT2D eigenvalue weighted by Crippen LogP contribution is -2.04. The zero-order valence-corrected chi connectivity index (χ0v) is 13.1. The number of non-ortho nitro benzene ring substituents is 1. The number of nitro groups is 1. The first kappa shape index (κ1) is 16.1. The van der Waals surface area contributed by atoms with Crippen LogP contribution in [0.1, 0.15) is 5.56 Å². The van der Waals surface area contributed by atoms with Gasteiger partial charge >= 0.3 is 6.18 Å². The molecule has 0 fully saturated rings. The SMILES string of the molecule is O=[N+]([O-])c1ccc2c(c1)nc(-c1ccc(C(F)(F)F)cc1)c1cccn12. The Morgan fingerprint density at radius 2 is 1.73 bits per heavy atom. The fraction of sp³-hybridized carbons (Fsp3) is 0.0556. The molecule has 2 heterocycles. The van der Waals surface area contributed by atoms with Crippen molar-refractivity contribution in [1.82, 2.24) is 9.38 Å². The molecule has 130 valence electrons. The molecule has 0 aliphatic rings. The van der Waals surface area contributed by atoms with Gasteiger partial charge < -0.3 is 4.40 Å². The van der Waals surface area contributed by atoms with E-state index in [9.17, 15) is 23.3 Å². The zero-order chi connectivity index (χ0) is 18.5. The Balaban J connectivity index is 1.95. The Kier molecular flexibility index (Phi) is 3.43. The molecule has 26 heavy (non-hydrogen) atoms.